The van der Waals surface area contributed by atoms with Crippen LogP contribution in [-0.4, -0.2) is 67.1 Å². The molecule has 4 rings (SSSR count). The lowest BCUT2D eigenvalue weighted by atomic mass is 9.60. The summed E-state index contributed by atoms with van der Waals surface area (Å²) in [4.78, 5) is 4.84. The van der Waals surface area contributed by atoms with Crippen molar-refractivity contribution in [1.29, 1.82) is 0 Å². The zero-order valence-electron chi connectivity index (χ0n) is 27.4. The summed E-state index contributed by atoms with van der Waals surface area (Å²) in [7, 11) is 2.19. The predicted octanol–water partition coefficient (Wildman–Crippen LogP) is 8.07. The van der Waals surface area contributed by atoms with E-state index in [0.717, 1.165) is 75.7 Å². The van der Waals surface area contributed by atoms with Crippen molar-refractivity contribution in [2.24, 2.45) is 34.5 Å². The van der Waals surface area contributed by atoms with Crippen LogP contribution in [0.1, 0.15) is 119 Å². The fraction of sp³-hybridized carbons (Fsp3) is 0.889. The zero-order valence-corrected chi connectivity index (χ0v) is 27.4. The molecule has 4 fully saturated rings. The van der Waals surface area contributed by atoms with Crippen LogP contribution in [0.15, 0.2) is 23.3 Å². The van der Waals surface area contributed by atoms with E-state index in [1.807, 2.05) is 0 Å². The Morgan fingerprint density at radius 2 is 1.70 bits per heavy atom. The Morgan fingerprint density at radius 3 is 2.42 bits per heavy atom. The molecule has 0 aromatic carbocycles. The van der Waals surface area contributed by atoms with E-state index in [1.165, 1.54) is 56.9 Å². The summed E-state index contributed by atoms with van der Waals surface area (Å²) in [6.07, 6.45) is 19.4. The van der Waals surface area contributed by atoms with Crippen molar-refractivity contribution < 1.29 is 9.84 Å². The van der Waals surface area contributed by atoms with Gasteiger partial charge < -0.3 is 19.6 Å². The number of aliphatic hydroxyl groups excluding tert-OH is 1. The number of fused-ring (bicyclic) bond motifs is 1. The molecule has 0 aromatic rings. The molecule has 0 aromatic heterocycles. The van der Waals surface area contributed by atoms with Gasteiger partial charge in [-0.05, 0) is 92.9 Å². The SMILES string of the molecule is CC(C)CCC[C@@H](C)[C@H]1CCC2/C(=C/C=C3\C[C@@H](OC(O)CCN4CCN(C)CC4)CCC3(C)C)CCC[C@@]21C. The summed E-state index contributed by atoms with van der Waals surface area (Å²) in [6.45, 7) is 20.1. The predicted molar refractivity (Wildman–Crippen MR) is 169 cm³/mol. The number of rotatable bonds is 11. The molecule has 1 N–H and O–H groups in total. The molecule has 4 nitrogen and oxygen atoms in total. The topological polar surface area (TPSA) is 35.9 Å². The zero-order chi connectivity index (χ0) is 28.9. The largest absolute Gasteiger partial charge is 0.368 e. The van der Waals surface area contributed by atoms with Crippen molar-refractivity contribution in [2.45, 2.75) is 131 Å². The lowest BCUT2D eigenvalue weighted by Crippen LogP contribution is -2.45. The Labute approximate surface area is 248 Å². The van der Waals surface area contributed by atoms with Crippen LogP contribution < -0.4 is 0 Å². The summed E-state index contributed by atoms with van der Waals surface area (Å²) in [5.41, 5.74) is 3.94. The minimum atomic E-state index is -0.650. The van der Waals surface area contributed by atoms with E-state index in [0.29, 0.717) is 11.8 Å². The maximum Gasteiger partial charge on any atom is 0.156 e. The van der Waals surface area contributed by atoms with Crippen molar-refractivity contribution in [2.75, 3.05) is 39.8 Å². The maximum atomic E-state index is 10.7. The Balaban J connectivity index is 1.34. The molecule has 6 atom stereocenters. The van der Waals surface area contributed by atoms with E-state index in [-0.39, 0.29) is 11.5 Å². The van der Waals surface area contributed by atoms with Gasteiger partial charge in [-0.1, -0.05) is 84.1 Å². The molecular weight excluding hydrogens is 492 g/mol. The summed E-state index contributed by atoms with van der Waals surface area (Å²) >= 11 is 0. The van der Waals surface area contributed by atoms with E-state index in [4.69, 9.17) is 4.74 Å². The summed E-state index contributed by atoms with van der Waals surface area (Å²) in [5, 5.41) is 10.7. The highest BCUT2D eigenvalue weighted by molar-refractivity contribution is 5.28. The molecule has 4 aliphatic rings. The molecule has 0 amide bonds. The van der Waals surface area contributed by atoms with Crippen LogP contribution in [0.4, 0.5) is 0 Å². The first-order valence-corrected chi connectivity index (χ1v) is 17.1. The Morgan fingerprint density at radius 1 is 0.950 bits per heavy atom. The molecule has 3 aliphatic carbocycles. The van der Waals surface area contributed by atoms with E-state index in [9.17, 15) is 5.11 Å². The smallest absolute Gasteiger partial charge is 0.156 e. The molecule has 0 radical (unpaired) electrons. The van der Waals surface area contributed by atoms with Crippen LogP contribution in [0, 0.1) is 34.5 Å². The molecule has 4 heteroatoms. The first-order chi connectivity index (χ1) is 19.0. The molecule has 1 aliphatic heterocycles. The number of aliphatic hydroxyl groups is 1. The van der Waals surface area contributed by atoms with Crippen LogP contribution in [-0.2, 0) is 4.74 Å². The second kappa shape index (κ2) is 14.2. The molecule has 1 heterocycles. The van der Waals surface area contributed by atoms with Gasteiger partial charge >= 0.3 is 0 Å². The number of allylic oxidation sites excluding steroid dienone is 3. The minimum absolute atomic E-state index is 0.138. The van der Waals surface area contributed by atoms with Crippen molar-refractivity contribution in [3.8, 4) is 0 Å². The van der Waals surface area contributed by atoms with E-state index in [1.54, 1.807) is 5.57 Å². The van der Waals surface area contributed by atoms with Crippen molar-refractivity contribution in [3.63, 3.8) is 0 Å². The van der Waals surface area contributed by atoms with E-state index >= 15 is 0 Å². The Kier molecular flexibility index (Phi) is 11.4. The lowest BCUT2D eigenvalue weighted by molar-refractivity contribution is -0.148. The van der Waals surface area contributed by atoms with Crippen molar-refractivity contribution >= 4 is 0 Å². The van der Waals surface area contributed by atoms with E-state index < -0.39 is 6.29 Å². The fourth-order valence-electron chi connectivity index (χ4n) is 8.84. The maximum absolute atomic E-state index is 10.7. The molecular formula is C36H64N2O2. The Hall–Kier alpha value is -0.680. The Bertz CT molecular complexity index is 855. The highest BCUT2D eigenvalue weighted by Gasteiger charge is 2.50. The average Bonchev–Trinajstić information content (AvgIpc) is 3.26. The quantitative estimate of drug-likeness (QED) is 0.261. The second-order valence-electron chi connectivity index (χ2n) is 15.6. The van der Waals surface area contributed by atoms with Crippen molar-refractivity contribution in [3.05, 3.63) is 23.3 Å². The number of piperazine rings is 1. The van der Waals surface area contributed by atoms with Gasteiger partial charge in [-0.2, -0.15) is 0 Å². The molecule has 40 heavy (non-hydrogen) atoms. The molecule has 2 unspecified atom stereocenters. The van der Waals surface area contributed by atoms with Crippen LogP contribution in [0.25, 0.3) is 0 Å². The molecule has 0 spiro atoms. The highest BCUT2D eigenvalue weighted by atomic mass is 16.6. The van der Waals surface area contributed by atoms with Crippen LogP contribution in [0.2, 0.25) is 0 Å². The summed E-state index contributed by atoms with van der Waals surface area (Å²) in [6, 6.07) is 0. The second-order valence-corrected chi connectivity index (χ2v) is 15.6. The third-order valence-electron chi connectivity index (χ3n) is 11.7. The third kappa shape index (κ3) is 8.23. The lowest BCUT2D eigenvalue weighted by Gasteiger charge is -2.44. The van der Waals surface area contributed by atoms with Gasteiger partial charge in [0.2, 0.25) is 0 Å². The number of likely N-dealkylation sites (N-methyl/N-ethyl adjacent to an activating group) is 1. The molecule has 3 saturated carbocycles. The van der Waals surface area contributed by atoms with Gasteiger partial charge in [-0.15, -0.1) is 0 Å². The molecule has 0 bridgehead atoms. The number of hydrogen-bond acceptors (Lipinski definition) is 4. The third-order valence-corrected chi connectivity index (χ3v) is 11.7. The summed E-state index contributed by atoms with van der Waals surface area (Å²) in [5.74, 6) is 3.34. The number of nitrogens with zero attached hydrogens (tertiary/aromatic N) is 2. The summed E-state index contributed by atoms with van der Waals surface area (Å²) < 4.78 is 6.25. The van der Waals surface area contributed by atoms with Gasteiger partial charge in [0.25, 0.3) is 0 Å². The minimum Gasteiger partial charge on any atom is -0.368 e. The van der Waals surface area contributed by atoms with Gasteiger partial charge in [-0.3, -0.25) is 0 Å². The van der Waals surface area contributed by atoms with Gasteiger partial charge in [0.05, 0.1) is 6.10 Å². The standard InChI is InChI=1S/C36H64N2O2/c1-27(2)10-8-11-28(3)32-15-16-33-29(12-9-19-36(32,33)6)13-14-30-26-31(17-20-35(30,4)5)40-34(39)18-21-38-24-22-37(7)23-25-38/h13-14,27-28,31-34,39H,8-12,15-26H2,1-7H3/b29-13+,30-14+/t28-,31+,32-,33?,34?,36-/m1/s1. The normalized spacial score (nSPS) is 35.4. The van der Waals surface area contributed by atoms with Crippen molar-refractivity contribution in [1.82, 2.24) is 9.80 Å². The molecule has 230 valence electrons. The van der Waals surface area contributed by atoms with Crippen LogP contribution >= 0.6 is 0 Å². The number of ether oxygens (including phenoxy) is 1. The first-order valence-electron chi connectivity index (χ1n) is 17.1. The monoisotopic (exact) mass is 556 g/mol. The van der Waals surface area contributed by atoms with Gasteiger partial charge in [0.15, 0.2) is 6.29 Å². The van der Waals surface area contributed by atoms with Crippen LogP contribution in [0.3, 0.4) is 0 Å². The first kappa shape index (κ1) is 32.2. The van der Waals surface area contributed by atoms with Gasteiger partial charge in [-0.25, -0.2) is 0 Å². The van der Waals surface area contributed by atoms with Gasteiger partial charge in [0.1, 0.15) is 0 Å². The number of hydrogen-bond donors (Lipinski definition) is 1. The van der Waals surface area contributed by atoms with E-state index in [2.05, 4.69) is 70.5 Å². The highest BCUT2D eigenvalue weighted by Crippen LogP contribution is 2.60. The fourth-order valence-corrected chi connectivity index (χ4v) is 8.84. The molecule has 1 saturated heterocycles. The van der Waals surface area contributed by atoms with Crippen LogP contribution in [0.5, 0.6) is 0 Å². The van der Waals surface area contributed by atoms with Gasteiger partial charge in [0, 0.05) is 39.1 Å². The average molecular weight is 557 g/mol.